The number of anilines is 1. The highest BCUT2D eigenvalue weighted by atomic mass is 16.6. The Morgan fingerprint density at radius 3 is 2.53 bits per heavy atom. The van der Waals surface area contributed by atoms with Gasteiger partial charge < -0.3 is 10.5 Å². The molecule has 1 aromatic rings. The minimum absolute atomic E-state index is 0.0642. The van der Waals surface area contributed by atoms with Crippen molar-refractivity contribution in [3.05, 3.63) is 33.9 Å². The van der Waals surface area contributed by atoms with E-state index in [1.165, 1.54) is 6.07 Å². The van der Waals surface area contributed by atoms with Crippen molar-refractivity contribution in [1.29, 1.82) is 0 Å². The Morgan fingerprint density at radius 2 is 2.06 bits per heavy atom. The number of nitrogens with zero attached hydrogens (tertiary/aromatic N) is 1. The molecule has 5 heteroatoms. The molecule has 0 amide bonds. The van der Waals surface area contributed by atoms with E-state index in [0.29, 0.717) is 12.5 Å². The quantitative estimate of drug-likeness (QED) is 0.486. The zero-order chi connectivity index (χ0) is 13.0. The number of ether oxygens (including phenoxy) is 1. The standard InChI is InChI=1S/C12H18N2O3/c1-8(2)9(3)17-7-10-4-5-12(14(15)16)11(13)6-10/h4-6,8-9H,7,13H2,1-3H3. The van der Waals surface area contributed by atoms with Crippen molar-refractivity contribution in [2.24, 2.45) is 5.92 Å². The summed E-state index contributed by atoms with van der Waals surface area (Å²) in [6.45, 7) is 6.57. The summed E-state index contributed by atoms with van der Waals surface area (Å²) < 4.78 is 5.62. The van der Waals surface area contributed by atoms with Gasteiger partial charge >= 0.3 is 0 Å². The third-order valence-corrected chi connectivity index (χ3v) is 2.74. The van der Waals surface area contributed by atoms with Crippen LogP contribution in [0.4, 0.5) is 11.4 Å². The molecule has 0 bridgehead atoms. The lowest BCUT2D eigenvalue weighted by molar-refractivity contribution is -0.383. The predicted octanol–water partition coefficient (Wildman–Crippen LogP) is 2.74. The van der Waals surface area contributed by atoms with E-state index in [1.807, 2.05) is 6.92 Å². The first-order chi connectivity index (χ1) is 7.91. The summed E-state index contributed by atoms with van der Waals surface area (Å²) in [5.41, 5.74) is 6.55. The molecule has 0 radical (unpaired) electrons. The predicted molar refractivity (Wildman–Crippen MR) is 66.6 cm³/mol. The minimum atomic E-state index is -0.489. The van der Waals surface area contributed by atoms with Gasteiger partial charge in [0.05, 0.1) is 17.6 Å². The van der Waals surface area contributed by atoms with Gasteiger partial charge in [-0.25, -0.2) is 0 Å². The number of hydrogen-bond donors (Lipinski definition) is 1. The van der Waals surface area contributed by atoms with Crippen LogP contribution in [-0.2, 0) is 11.3 Å². The Bertz CT molecular complexity index is 405. The molecular formula is C12H18N2O3. The van der Waals surface area contributed by atoms with Crippen LogP contribution in [0.3, 0.4) is 0 Å². The Hall–Kier alpha value is -1.62. The molecule has 1 aromatic carbocycles. The summed E-state index contributed by atoms with van der Waals surface area (Å²) in [6.07, 6.45) is 0.145. The molecular weight excluding hydrogens is 220 g/mol. The Kier molecular flexibility index (Phi) is 4.45. The number of nitrogen functional groups attached to an aromatic ring is 1. The lowest BCUT2D eigenvalue weighted by Gasteiger charge is -2.16. The van der Waals surface area contributed by atoms with Crippen LogP contribution in [0.1, 0.15) is 26.3 Å². The number of nitro groups is 1. The van der Waals surface area contributed by atoms with Crippen LogP contribution in [0, 0.1) is 16.0 Å². The number of benzene rings is 1. The van der Waals surface area contributed by atoms with Gasteiger partial charge in [0.2, 0.25) is 0 Å². The fourth-order valence-corrected chi connectivity index (χ4v) is 1.28. The average molecular weight is 238 g/mol. The minimum Gasteiger partial charge on any atom is -0.393 e. The summed E-state index contributed by atoms with van der Waals surface area (Å²) in [7, 11) is 0. The summed E-state index contributed by atoms with van der Waals surface area (Å²) >= 11 is 0. The molecule has 17 heavy (non-hydrogen) atoms. The van der Waals surface area contributed by atoms with Gasteiger partial charge in [-0.3, -0.25) is 10.1 Å². The van der Waals surface area contributed by atoms with Gasteiger partial charge in [0.25, 0.3) is 5.69 Å². The molecule has 0 heterocycles. The second-order valence-electron chi connectivity index (χ2n) is 4.41. The molecule has 0 fully saturated rings. The Labute approximate surface area is 101 Å². The normalized spacial score (nSPS) is 12.7. The second-order valence-corrected chi connectivity index (χ2v) is 4.41. The van der Waals surface area contributed by atoms with E-state index >= 15 is 0 Å². The van der Waals surface area contributed by atoms with E-state index in [-0.39, 0.29) is 17.5 Å². The molecule has 0 saturated heterocycles. The van der Waals surface area contributed by atoms with Gasteiger partial charge in [0.15, 0.2) is 0 Å². The van der Waals surface area contributed by atoms with E-state index in [9.17, 15) is 10.1 Å². The molecule has 0 spiro atoms. The smallest absolute Gasteiger partial charge is 0.292 e. The summed E-state index contributed by atoms with van der Waals surface area (Å²) in [6, 6.07) is 4.67. The van der Waals surface area contributed by atoms with Gasteiger partial charge in [0, 0.05) is 6.07 Å². The molecule has 1 unspecified atom stereocenters. The van der Waals surface area contributed by atoms with Crippen LogP contribution in [0.5, 0.6) is 0 Å². The molecule has 94 valence electrons. The van der Waals surface area contributed by atoms with Crippen molar-refractivity contribution in [3.8, 4) is 0 Å². The molecule has 1 atom stereocenters. The molecule has 0 aliphatic rings. The van der Waals surface area contributed by atoms with E-state index in [2.05, 4.69) is 13.8 Å². The third kappa shape index (κ3) is 3.71. The van der Waals surface area contributed by atoms with Crippen molar-refractivity contribution in [3.63, 3.8) is 0 Å². The zero-order valence-corrected chi connectivity index (χ0v) is 10.3. The summed E-state index contributed by atoms with van der Waals surface area (Å²) in [4.78, 5) is 10.1. The summed E-state index contributed by atoms with van der Waals surface area (Å²) in [5.74, 6) is 0.436. The zero-order valence-electron chi connectivity index (χ0n) is 10.3. The highest BCUT2D eigenvalue weighted by Gasteiger charge is 2.12. The molecule has 0 aliphatic heterocycles. The highest BCUT2D eigenvalue weighted by molar-refractivity contribution is 5.59. The van der Waals surface area contributed by atoms with Crippen molar-refractivity contribution in [2.75, 3.05) is 5.73 Å². The van der Waals surface area contributed by atoms with Gasteiger partial charge in [-0.2, -0.15) is 0 Å². The number of nitro benzene ring substituents is 1. The van der Waals surface area contributed by atoms with Crippen LogP contribution in [0.2, 0.25) is 0 Å². The maximum atomic E-state index is 10.6. The Morgan fingerprint density at radius 1 is 1.41 bits per heavy atom. The first-order valence-electron chi connectivity index (χ1n) is 5.56. The van der Waals surface area contributed by atoms with Gasteiger partial charge in [0.1, 0.15) is 5.69 Å². The van der Waals surface area contributed by atoms with Gasteiger partial charge in [-0.1, -0.05) is 13.8 Å². The summed E-state index contributed by atoms with van der Waals surface area (Å²) in [5, 5.41) is 10.6. The van der Waals surface area contributed by atoms with Crippen molar-refractivity contribution in [1.82, 2.24) is 0 Å². The molecule has 5 nitrogen and oxygen atoms in total. The van der Waals surface area contributed by atoms with E-state index in [4.69, 9.17) is 10.5 Å². The van der Waals surface area contributed by atoms with Crippen molar-refractivity contribution < 1.29 is 9.66 Å². The average Bonchev–Trinajstić information content (AvgIpc) is 2.25. The van der Waals surface area contributed by atoms with Crippen LogP contribution in [-0.4, -0.2) is 11.0 Å². The molecule has 0 saturated carbocycles. The molecule has 1 rings (SSSR count). The molecule has 0 aliphatic carbocycles. The van der Waals surface area contributed by atoms with Gasteiger partial charge in [-0.15, -0.1) is 0 Å². The topological polar surface area (TPSA) is 78.4 Å². The first kappa shape index (κ1) is 13.4. The van der Waals surface area contributed by atoms with Crippen molar-refractivity contribution >= 4 is 11.4 Å². The third-order valence-electron chi connectivity index (χ3n) is 2.74. The number of rotatable bonds is 5. The highest BCUT2D eigenvalue weighted by Crippen LogP contribution is 2.22. The second kappa shape index (κ2) is 5.63. The maximum Gasteiger partial charge on any atom is 0.292 e. The Balaban J connectivity index is 2.68. The first-order valence-corrected chi connectivity index (χ1v) is 5.56. The number of nitrogens with two attached hydrogens (primary N) is 1. The van der Waals surface area contributed by atoms with Crippen LogP contribution >= 0.6 is 0 Å². The van der Waals surface area contributed by atoms with E-state index in [1.54, 1.807) is 12.1 Å². The lowest BCUT2D eigenvalue weighted by atomic mass is 10.1. The van der Waals surface area contributed by atoms with E-state index < -0.39 is 4.92 Å². The molecule has 0 aromatic heterocycles. The SMILES string of the molecule is CC(C)C(C)OCc1ccc([N+](=O)[O-])c(N)c1. The largest absolute Gasteiger partial charge is 0.393 e. The molecule has 2 N–H and O–H groups in total. The van der Waals surface area contributed by atoms with Gasteiger partial charge in [-0.05, 0) is 30.5 Å². The van der Waals surface area contributed by atoms with E-state index in [0.717, 1.165) is 5.56 Å². The number of hydrogen-bond acceptors (Lipinski definition) is 4. The van der Waals surface area contributed by atoms with Crippen LogP contribution in [0.15, 0.2) is 18.2 Å². The van der Waals surface area contributed by atoms with Crippen LogP contribution < -0.4 is 5.73 Å². The monoisotopic (exact) mass is 238 g/mol. The maximum absolute atomic E-state index is 10.6. The van der Waals surface area contributed by atoms with Crippen molar-refractivity contribution in [2.45, 2.75) is 33.5 Å². The lowest BCUT2D eigenvalue weighted by Crippen LogP contribution is -2.15. The fourth-order valence-electron chi connectivity index (χ4n) is 1.28. The fraction of sp³-hybridized carbons (Fsp3) is 0.500. The van der Waals surface area contributed by atoms with Crippen LogP contribution in [0.25, 0.3) is 0 Å².